The van der Waals surface area contributed by atoms with Crippen LogP contribution >= 0.6 is 0 Å². The maximum Gasteiger partial charge on any atom is 0.339 e. The van der Waals surface area contributed by atoms with Crippen molar-refractivity contribution in [3.8, 4) is 5.75 Å². The molecule has 22 heavy (non-hydrogen) atoms. The molecule has 114 valence electrons. The van der Waals surface area contributed by atoms with Gasteiger partial charge in [-0.05, 0) is 45.4 Å². The smallest absolute Gasteiger partial charge is 0.339 e. The molecule has 0 aliphatic carbocycles. The highest BCUT2D eigenvalue weighted by molar-refractivity contribution is 5.82. The fourth-order valence-corrected chi connectivity index (χ4v) is 2.38. The Balaban J connectivity index is 1.93. The maximum absolute atomic E-state index is 11.8. The zero-order valence-electron chi connectivity index (χ0n) is 13.0. The summed E-state index contributed by atoms with van der Waals surface area (Å²) in [6, 6.07) is 5.51. The second-order valence-electron chi connectivity index (χ2n) is 5.39. The molecule has 0 spiro atoms. The Morgan fingerprint density at radius 3 is 2.59 bits per heavy atom. The van der Waals surface area contributed by atoms with Gasteiger partial charge >= 0.3 is 5.63 Å². The quantitative estimate of drug-likeness (QED) is 0.691. The van der Waals surface area contributed by atoms with Gasteiger partial charge in [-0.2, -0.15) is 0 Å². The predicted molar refractivity (Wildman–Crippen MR) is 82.3 cm³/mol. The molecule has 0 N–H and O–H groups in total. The Kier molecular flexibility index (Phi) is 3.48. The summed E-state index contributed by atoms with van der Waals surface area (Å²) >= 11 is 0. The van der Waals surface area contributed by atoms with Gasteiger partial charge in [-0.3, -0.25) is 0 Å². The van der Waals surface area contributed by atoms with Crippen LogP contribution in [0, 0.1) is 27.7 Å². The first-order valence-corrected chi connectivity index (χ1v) is 7.06. The summed E-state index contributed by atoms with van der Waals surface area (Å²) in [5.74, 6) is 1.38. The zero-order chi connectivity index (χ0) is 15.9. The Hall–Kier alpha value is -2.56. The number of hydrogen-bond donors (Lipinski definition) is 0. The summed E-state index contributed by atoms with van der Waals surface area (Å²) in [5, 5.41) is 4.81. The molecule has 5 nitrogen and oxygen atoms in total. The van der Waals surface area contributed by atoms with Gasteiger partial charge in [0.2, 0.25) is 0 Å². The van der Waals surface area contributed by atoms with E-state index in [9.17, 15) is 4.79 Å². The lowest BCUT2D eigenvalue weighted by atomic mass is 10.1. The number of aryl methyl sites for hydroxylation is 3. The summed E-state index contributed by atoms with van der Waals surface area (Å²) in [6.45, 7) is 7.77. The molecule has 0 amide bonds. The summed E-state index contributed by atoms with van der Waals surface area (Å²) in [6.07, 6.45) is 0. The highest BCUT2D eigenvalue weighted by Gasteiger charge is 2.11. The summed E-state index contributed by atoms with van der Waals surface area (Å²) in [5.41, 5.74) is 3.54. The summed E-state index contributed by atoms with van der Waals surface area (Å²) in [7, 11) is 0. The van der Waals surface area contributed by atoms with Gasteiger partial charge in [0, 0.05) is 17.0 Å². The van der Waals surface area contributed by atoms with Gasteiger partial charge in [0.1, 0.15) is 23.7 Å². The fraction of sp³-hybridized carbons (Fsp3) is 0.294. The molecule has 2 aromatic heterocycles. The molecule has 0 aliphatic rings. The standard InChI is InChI=1S/C17H17NO4/c1-9-10(2)17(19)21-16-7-13(5-6-14(9)16)20-8-15-11(3)18-22-12(15)4/h5-7H,8H2,1-4H3. The fourth-order valence-electron chi connectivity index (χ4n) is 2.38. The highest BCUT2D eigenvalue weighted by atomic mass is 16.5. The van der Waals surface area contributed by atoms with Crippen molar-refractivity contribution in [2.45, 2.75) is 34.3 Å². The van der Waals surface area contributed by atoms with Crippen molar-refractivity contribution in [2.24, 2.45) is 0 Å². The Morgan fingerprint density at radius 1 is 1.14 bits per heavy atom. The van der Waals surface area contributed by atoms with Gasteiger partial charge in [0.05, 0.1) is 11.3 Å². The van der Waals surface area contributed by atoms with Gasteiger partial charge < -0.3 is 13.7 Å². The molecule has 0 atom stereocenters. The molecule has 3 rings (SSSR count). The van der Waals surface area contributed by atoms with E-state index >= 15 is 0 Å². The van der Waals surface area contributed by atoms with Crippen LogP contribution in [0.15, 0.2) is 31.9 Å². The van der Waals surface area contributed by atoms with Gasteiger partial charge in [0.25, 0.3) is 0 Å². The number of nitrogens with zero attached hydrogens (tertiary/aromatic N) is 1. The first kappa shape index (κ1) is 14.4. The number of rotatable bonds is 3. The molecule has 5 heteroatoms. The number of benzene rings is 1. The first-order valence-electron chi connectivity index (χ1n) is 7.06. The third-order valence-electron chi connectivity index (χ3n) is 3.99. The average molecular weight is 299 g/mol. The minimum atomic E-state index is -0.312. The number of fused-ring (bicyclic) bond motifs is 1. The van der Waals surface area contributed by atoms with E-state index in [1.54, 1.807) is 13.0 Å². The van der Waals surface area contributed by atoms with Crippen molar-refractivity contribution < 1.29 is 13.7 Å². The van der Waals surface area contributed by atoms with E-state index in [0.717, 1.165) is 28.0 Å². The third kappa shape index (κ3) is 2.39. The average Bonchev–Trinajstić information content (AvgIpc) is 2.81. The summed E-state index contributed by atoms with van der Waals surface area (Å²) in [4.78, 5) is 11.8. The molecule has 0 fully saturated rings. The number of aromatic nitrogens is 1. The Morgan fingerprint density at radius 2 is 1.91 bits per heavy atom. The van der Waals surface area contributed by atoms with Crippen molar-refractivity contribution in [3.05, 3.63) is 56.8 Å². The molecule has 0 aliphatic heterocycles. The lowest BCUT2D eigenvalue weighted by molar-refractivity contribution is 0.301. The van der Waals surface area contributed by atoms with E-state index in [-0.39, 0.29) is 5.63 Å². The SMILES string of the molecule is Cc1noc(C)c1COc1ccc2c(C)c(C)c(=O)oc2c1. The largest absolute Gasteiger partial charge is 0.489 e. The van der Waals surface area contributed by atoms with Crippen LogP contribution in [0.5, 0.6) is 5.75 Å². The lowest BCUT2D eigenvalue weighted by Gasteiger charge is -2.08. The van der Waals surface area contributed by atoms with E-state index in [1.165, 1.54) is 0 Å². The van der Waals surface area contributed by atoms with Crippen LogP contribution in [0.4, 0.5) is 0 Å². The van der Waals surface area contributed by atoms with E-state index in [1.807, 2.05) is 32.9 Å². The van der Waals surface area contributed by atoms with Crippen molar-refractivity contribution in [3.63, 3.8) is 0 Å². The van der Waals surface area contributed by atoms with Crippen LogP contribution in [-0.2, 0) is 6.61 Å². The third-order valence-corrected chi connectivity index (χ3v) is 3.99. The molecule has 3 aromatic rings. The topological polar surface area (TPSA) is 65.5 Å². The molecule has 2 heterocycles. The van der Waals surface area contributed by atoms with Crippen molar-refractivity contribution in [2.75, 3.05) is 0 Å². The Bertz CT molecular complexity index is 885. The van der Waals surface area contributed by atoms with Crippen LogP contribution in [-0.4, -0.2) is 5.16 Å². The van der Waals surface area contributed by atoms with Gasteiger partial charge in [-0.15, -0.1) is 0 Å². The van der Waals surface area contributed by atoms with E-state index in [0.29, 0.717) is 23.5 Å². The van der Waals surface area contributed by atoms with Crippen molar-refractivity contribution in [1.82, 2.24) is 5.16 Å². The highest BCUT2D eigenvalue weighted by Crippen LogP contribution is 2.25. The maximum atomic E-state index is 11.8. The molecule has 0 bridgehead atoms. The van der Waals surface area contributed by atoms with Gasteiger partial charge in [0.15, 0.2) is 0 Å². The van der Waals surface area contributed by atoms with Crippen molar-refractivity contribution in [1.29, 1.82) is 0 Å². The predicted octanol–water partition coefficient (Wildman–Crippen LogP) is 3.59. The zero-order valence-corrected chi connectivity index (χ0v) is 13.0. The first-order chi connectivity index (χ1) is 10.5. The second kappa shape index (κ2) is 5.33. The molecule has 1 aromatic carbocycles. The molecule has 0 unspecified atom stereocenters. The normalized spacial score (nSPS) is 11.1. The van der Waals surface area contributed by atoms with Crippen LogP contribution < -0.4 is 10.4 Å². The number of ether oxygens (including phenoxy) is 1. The molecule has 0 saturated carbocycles. The van der Waals surface area contributed by atoms with Crippen molar-refractivity contribution >= 4 is 11.0 Å². The lowest BCUT2D eigenvalue weighted by Crippen LogP contribution is -2.05. The van der Waals surface area contributed by atoms with E-state index in [2.05, 4.69) is 5.16 Å². The number of hydrogen-bond acceptors (Lipinski definition) is 5. The van der Waals surface area contributed by atoms with Crippen LogP contribution in [0.25, 0.3) is 11.0 Å². The second-order valence-corrected chi connectivity index (χ2v) is 5.39. The molecule has 0 saturated heterocycles. The molecular weight excluding hydrogens is 282 g/mol. The van der Waals surface area contributed by atoms with Gasteiger partial charge in [-0.25, -0.2) is 4.79 Å². The van der Waals surface area contributed by atoms with E-state index in [4.69, 9.17) is 13.7 Å². The van der Waals surface area contributed by atoms with Gasteiger partial charge in [-0.1, -0.05) is 5.16 Å². The Labute approximate surface area is 127 Å². The van der Waals surface area contributed by atoms with Crippen LogP contribution in [0.1, 0.15) is 28.1 Å². The molecule has 0 radical (unpaired) electrons. The van der Waals surface area contributed by atoms with E-state index < -0.39 is 0 Å². The minimum absolute atomic E-state index is 0.312. The minimum Gasteiger partial charge on any atom is -0.489 e. The monoisotopic (exact) mass is 299 g/mol. The van der Waals surface area contributed by atoms with Crippen LogP contribution in [0.2, 0.25) is 0 Å². The summed E-state index contributed by atoms with van der Waals surface area (Å²) < 4.78 is 16.2. The molecular formula is C17H17NO4. The van der Waals surface area contributed by atoms with Crippen LogP contribution in [0.3, 0.4) is 0 Å².